The van der Waals surface area contributed by atoms with Gasteiger partial charge in [-0.15, -0.1) is 0 Å². The number of aromatic nitrogens is 4. The van der Waals surface area contributed by atoms with Gasteiger partial charge in [0.1, 0.15) is 12.4 Å². The minimum atomic E-state index is 0.0836. The van der Waals surface area contributed by atoms with Gasteiger partial charge in [0.05, 0.1) is 10.7 Å². The van der Waals surface area contributed by atoms with Crippen LogP contribution in [0.2, 0.25) is 5.02 Å². The highest BCUT2D eigenvalue weighted by atomic mass is 35.5. The van der Waals surface area contributed by atoms with Gasteiger partial charge in [0, 0.05) is 50.7 Å². The topological polar surface area (TPSA) is 59.2 Å². The number of likely N-dealkylation sites (tertiary alicyclic amines) is 1. The van der Waals surface area contributed by atoms with Crippen LogP contribution in [-0.2, 0) is 17.9 Å². The summed E-state index contributed by atoms with van der Waals surface area (Å²) in [6.07, 6.45) is 7.67. The van der Waals surface area contributed by atoms with Crippen LogP contribution in [0.1, 0.15) is 30.3 Å². The molecule has 26 heavy (non-hydrogen) atoms. The second kappa shape index (κ2) is 8.22. The molecule has 1 saturated heterocycles. The third kappa shape index (κ3) is 4.45. The van der Waals surface area contributed by atoms with Crippen LogP contribution < -0.4 is 0 Å². The monoisotopic (exact) mass is 378 g/mol. The summed E-state index contributed by atoms with van der Waals surface area (Å²) in [5.74, 6) is 1.45. The van der Waals surface area contributed by atoms with Crippen molar-refractivity contribution in [2.45, 2.75) is 38.8 Å². The lowest BCUT2D eigenvalue weighted by atomic mass is 9.97. The molecule has 1 aliphatic heterocycles. The van der Waals surface area contributed by atoms with E-state index in [0.29, 0.717) is 11.6 Å². The van der Waals surface area contributed by atoms with Gasteiger partial charge in [0.15, 0.2) is 0 Å². The Kier molecular flexibility index (Phi) is 5.98. The van der Waals surface area contributed by atoms with E-state index >= 15 is 0 Å². The van der Waals surface area contributed by atoms with Gasteiger partial charge in [-0.05, 0) is 33.9 Å². The first kappa shape index (κ1) is 18.9. The van der Waals surface area contributed by atoms with Gasteiger partial charge in [-0.3, -0.25) is 9.48 Å². The van der Waals surface area contributed by atoms with E-state index in [2.05, 4.69) is 33.6 Å². The summed E-state index contributed by atoms with van der Waals surface area (Å²) >= 11 is 6.04. The maximum Gasteiger partial charge on any atom is 0.244 e. The van der Waals surface area contributed by atoms with Crippen LogP contribution in [0.15, 0.2) is 18.6 Å². The number of likely N-dealkylation sites (N-methyl/N-ethyl adjacent to an activating group) is 1. The molecule has 3 rings (SSSR count). The van der Waals surface area contributed by atoms with E-state index in [1.807, 2.05) is 24.2 Å². The summed E-state index contributed by atoms with van der Waals surface area (Å²) in [6, 6.07) is 0. The van der Waals surface area contributed by atoms with Crippen molar-refractivity contribution >= 4 is 17.5 Å². The first-order chi connectivity index (χ1) is 12.4. The molecule has 0 aliphatic carbocycles. The molecule has 0 bridgehead atoms. The Morgan fingerprint density at radius 1 is 1.42 bits per heavy atom. The Balaban J connectivity index is 1.64. The number of piperidine rings is 1. The number of carbonyl (C=O) groups is 1. The van der Waals surface area contributed by atoms with Gasteiger partial charge in [0.2, 0.25) is 5.91 Å². The number of amides is 1. The molecule has 1 amide bonds. The minimum Gasteiger partial charge on any atom is -0.340 e. The number of hydrogen-bond donors (Lipinski definition) is 0. The smallest absolute Gasteiger partial charge is 0.244 e. The molecule has 0 radical (unpaired) electrons. The Labute approximate surface area is 159 Å². The van der Waals surface area contributed by atoms with Crippen LogP contribution >= 0.6 is 11.6 Å². The third-order valence-electron chi connectivity index (χ3n) is 4.86. The van der Waals surface area contributed by atoms with Crippen molar-refractivity contribution in [3.05, 3.63) is 35.1 Å². The van der Waals surface area contributed by atoms with Crippen LogP contribution in [0.3, 0.4) is 0 Å². The van der Waals surface area contributed by atoms with Gasteiger partial charge >= 0.3 is 0 Å². The van der Waals surface area contributed by atoms with Crippen molar-refractivity contribution in [3.8, 4) is 0 Å². The number of rotatable bonds is 6. The summed E-state index contributed by atoms with van der Waals surface area (Å²) in [6.45, 7) is 5.46. The van der Waals surface area contributed by atoms with Crippen LogP contribution in [0.4, 0.5) is 0 Å². The van der Waals surface area contributed by atoms with Crippen molar-refractivity contribution in [3.63, 3.8) is 0 Å². The number of carbonyl (C=O) groups excluding carboxylic acids is 1. The quantitative estimate of drug-likeness (QED) is 0.771. The second-order valence-corrected chi connectivity index (χ2v) is 7.63. The zero-order chi connectivity index (χ0) is 18.7. The van der Waals surface area contributed by atoms with E-state index in [4.69, 9.17) is 11.6 Å². The first-order valence-corrected chi connectivity index (χ1v) is 9.45. The standard InChI is InChI=1S/C18H27ClN6O/c1-14-16(19)12-25(21-14)13-17(26)24-7-4-5-15(11-24)18-20-6-8-23(18)10-9-22(2)3/h6,8,12,15H,4-5,7,9-11,13H2,1-3H3/t15-/m1/s1. The predicted octanol–water partition coefficient (Wildman–Crippen LogP) is 2.01. The molecule has 7 nitrogen and oxygen atoms in total. The number of imidazole rings is 1. The summed E-state index contributed by atoms with van der Waals surface area (Å²) in [5, 5.41) is 4.88. The van der Waals surface area contributed by atoms with E-state index in [1.165, 1.54) is 0 Å². The molecule has 1 atom stereocenters. The molecule has 2 aromatic rings. The van der Waals surface area contributed by atoms with Gasteiger partial charge in [-0.25, -0.2) is 4.98 Å². The molecule has 0 N–H and O–H groups in total. The van der Waals surface area contributed by atoms with E-state index in [-0.39, 0.29) is 18.4 Å². The first-order valence-electron chi connectivity index (χ1n) is 9.07. The Bertz CT molecular complexity index is 733. The molecule has 8 heteroatoms. The zero-order valence-corrected chi connectivity index (χ0v) is 16.5. The lowest BCUT2D eigenvalue weighted by Gasteiger charge is -2.32. The van der Waals surface area contributed by atoms with Crippen molar-refractivity contribution in [1.29, 1.82) is 0 Å². The SMILES string of the molecule is Cc1nn(CC(=O)N2CCC[C@@H](c3nccn3CCN(C)C)C2)cc1Cl. The Hall–Kier alpha value is -1.86. The number of nitrogens with zero attached hydrogens (tertiary/aromatic N) is 6. The van der Waals surface area contributed by atoms with E-state index in [1.54, 1.807) is 10.9 Å². The van der Waals surface area contributed by atoms with Crippen LogP contribution in [-0.4, -0.2) is 68.8 Å². The summed E-state index contributed by atoms with van der Waals surface area (Å²) in [5.41, 5.74) is 0.749. The summed E-state index contributed by atoms with van der Waals surface area (Å²) in [4.78, 5) is 21.4. The van der Waals surface area contributed by atoms with Crippen molar-refractivity contribution in [2.24, 2.45) is 0 Å². The Morgan fingerprint density at radius 2 is 2.23 bits per heavy atom. The average Bonchev–Trinajstić information content (AvgIpc) is 3.19. The molecule has 2 aromatic heterocycles. The molecule has 3 heterocycles. The second-order valence-electron chi connectivity index (χ2n) is 7.22. The molecule has 142 valence electrons. The van der Waals surface area contributed by atoms with E-state index in [0.717, 1.165) is 44.0 Å². The number of hydrogen-bond acceptors (Lipinski definition) is 4. The van der Waals surface area contributed by atoms with Crippen LogP contribution in [0.5, 0.6) is 0 Å². The number of halogens is 1. The van der Waals surface area contributed by atoms with Gasteiger partial charge < -0.3 is 14.4 Å². The zero-order valence-electron chi connectivity index (χ0n) is 15.7. The Morgan fingerprint density at radius 3 is 2.92 bits per heavy atom. The predicted molar refractivity (Wildman–Crippen MR) is 101 cm³/mol. The lowest BCUT2D eigenvalue weighted by molar-refractivity contribution is -0.133. The minimum absolute atomic E-state index is 0.0836. The van der Waals surface area contributed by atoms with Gasteiger partial charge in [-0.1, -0.05) is 11.6 Å². The largest absolute Gasteiger partial charge is 0.340 e. The van der Waals surface area contributed by atoms with E-state index in [9.17, 15) is 4.79 Å². The van der Waals surface area contributed by atoms with Gasteiger partial charge in [0.25, 0.3) is 0 Å². The third-order valence-corrected chi connectivity index (χ3v) is 5.23. The number of aryl methyl sites for hydroxylation is 1. The van der Waals surface area contributed by atoms with Gasteiger partial charge in [-0.2, -0.15) is 5.10 Å². The normalized spacial score (nSPS) is 17.9. The van der Waals surface area contributed by atoms with Crippen molar-refractivity contribution in [1.82, 2.24) is 29.1 Å². The fourth-order valence-electron chi connectivity index (χ4n) is 3.40. The fraction of sp³-hybridized carbons (Fsp3) is 0.611. The molecule has 0 unspecified atom stereocenters. The maximum absolute atomic E-state index is 12.7. The highest BCUT2D eigenvalue weighted by molar-refractivity contribution is 6.31. The highest BCUT2D eigenvalue weighted by Crippen LogP contribution is 2.26. The lowest BCUT2D eigenvalue weighted by Crippen LogP contribution is -2.41. The molecular weight excluding hydrogens is 352 g/mol. The van der Waals surface area contributed by atoms with Crippen LogP contribution in [0, 0.1) is 6.92 Å². The molecule has 0 aromatic carbocycles. The van der Waals surface area contributed by atoms with E-state index < -0.39 is 0 Å². The van der Waals surface area contributed by atoms with Crippen molar-refractivity contribution in [2.75, 3.05) is 33.7 Å². The molecular formula is C18H27ClN6O. The molecule has 0 saturated carbocycles. The fourth-order valence-corrected chi connectivity index (χ4v) is 3.56. The van der Waals surface area contributed by atoms with Crippen molar-refractivity contribution < 1.29 is 4.79 Å². The highest BCUT2D eigenvalue weighted by Gasteiger charge is 2.27. The summed E-state index contributed by atoms with van der Waals surface area (Å²) in [7, 11) is 4.14. The summed E-state index contributed by atoms with van der Waals surface area (Å²) < 4.78 is 3.84. The molecule has 0 spiro atoms. The average molecular weight is 379 g/mol. The molecule has 1 aliphatic rings. The maximum atomic E-state index is 12.7. The molecule has 1 fully saturated rings. The van der Waals surface area contributed by atoms with Crippen LogP contribution in [0.25, 0.3) is 0 Å².